The van der Waals surface area contributed by atoms with Gasteiger partial charge in [-0.3, -0.25) is 0 Å². The van der Waals surface area contributed by atoms with Crippen molar-refractivity contribution in [3.05, 3.63) is 84.9 Å². The highest BCUT2D eigenvalue weighted by Crippen LogP contribution is 2.42. The quantitative estimate of drug-likeness (QED) is 0.222. The fraction of sp³-hybridized carbons (Fsp3) is 0.182. The molecule has 0 amide bonds. The van der Waals surface area contributed by atoms with E-state index in [9.17, 15) is 39.3 Å². The number of hydrogen-bond donors (Lipinski definition) is 0. The maximum absolute atomic E-state index is 11.8. The highest BCUT2D eigenvalue weighted by molar-refractivity contribution is 7.97. The minimum absolute atomic E-state index is 0.0804. The largest absolute Gasteiger partial charge is 0.743 e. The van der Waals surface area contributed by atoms with Crippen LogP contribution in [0.2, 0.25) is 0 Å². The van der Waals surface area contributed by atoms with Crippen molar-refractivity contribution in [2.75, 3.05) is 7.11 Å². The van der Waals surface area contributed by atoms with Gasteiger partial charge in [-0.2, -0.15) is 17.6 Å². The fourth-order valence-corrected chi connectivity index (χ4v) is 5.03. The summed E-state index contributed by atoms with van der Waals surface area (Å²) in [5.74, 6) is -5.29. The Morgan fingerprint density at radius 2 is 1.15 bits per heavy atom. The van der Waals surface area contributed by atoms with Gasteiger partial charge in [0.1, 0.15) is 5.75 Å². The summed E-state index contributed by atoms with van der Waals surface area (Å²) in [4.78, 5) is 3.95. The van der Waals surface area contributed by atoms with Crippen molar-refractivity contribution in [2.45, 2.75) is 32.3 Å². The van der Waals surface area contributed by atoms with E-state index in [2.05, 4.69) is 72.8 Å². The first kappa shape index (κ1) is 27.5. The molecule has 0 radical (unpaired) electrons. The Morgan fingerprint density at radius 1 is 0.765 bits per heavy atom. The van der Waals surface area contributed by atoms with Gasteiger partial charge in [0.2, 0.25) is 0 Å². The number of alkyl halides is 6. The van der Waals surface area contributed by atoms with Crippen LogP contribution < -0.4 is 4.74 Å². The summed E-state index contributed by atoms with van der Waals surface area (Å²) < 4.78 is 103. The van der Waals surface area contributed by atoms with Gasteiger partial charge in [0.25, 0.3) is 0 Å². The number of methoxy groups -OCH3 is 1. The van der Waals surface area contributed by atoms with Crippen molar-refractivity contribution in [3.63, 3.8) is 0 Å². The monoisotopic (exact) mass is 524 g/mol. The molecule has 0 aliphatic heterocycles. The van der Waals surface area contributed by atoms with Crippen molar-refractivity contribution < 1.29 is 44.0 Å². The Hall–Kier alpha value is -2.70. The van der Waals surface area contributed by atoms with Crippen LogP contribution in [0.4, 0.5) is 26.3 Å². The lowest BCUT2D eigenvalue weighted by atomic mass is 10.3. The second-order valence-corrected chi connectivity index (χ2v) is 9.95. The summed E-state index contributed by atoms with van der Waals surface area (Å²) in [5.41, 5.74) is 0. The van der Waals surface area contributed by atoms with Crippen molar-refractivity contribution in [1.29, 1.82) is 0 Å². The molecule has 0 bridgehead atoms. The normalized spacial score (nSPS) is 12.3. The highest BCUT2D eigenvalue weighted by Gasteiger charge is 2.67. The number of halogens is 6. The van der Waals surface area contributed by atoms with E-state index in [1.54, 1.807) is 7.11 Å². The Morgan fingerprint density at radius 3 is 1.44 bits per heavy atom. The summed E-state index contributed by atoms with van der Waals surface area (Å²) in [6, 6.07) is 29.7. The van der Waals surface area contributed by atoms with Crippen LogP contribution in [-0.4, -0.2) is 37.7 Å². The van der Waals surface area contributed by atoms with Crippen LogP contribution in [0, 0.1) is 0 Å². The first-order valence-electron chi connectivity index (χ1n) is 9.30. The zero-order valence-corrected chi connectivity index (χ0v) is 19.0. The molecule has 0 unspecified atom stereocenters. The number of rotatable bonds is 7. The van der Waals surface area contributed by atoms with Crippen molar-refractivity contribution in [2.24, 2.45) is 0 Å². The number of hydrogen-bond acceptors (Lipinski definition) is 4. The third kappa shape index (κ3) is 6.24. The maximum Gasteiger partial charge on any atom is 0.402 e. The van der Waals surface area contributed by atoms with Crippen LogP contribution >= 0.6 is 0 Å². The van der Waals surface area contributed by atoms with Gasteiger partial charge in [0.15, 0.2) is 24.8 Å². The van der Waals surface area contributed by atoms with E-state index in [1.807, 2.05) is 12.1 Å². The van der Waals surface area contributed by atoms with Crippen LogP contribution in [-0.2, 0) is 21.0 Å². The predicted octanol–water partition coefficient (Wildman–Crippen LogP) is 5.82. The molecule has 0 saturated heterocycles. The molecule has 3 aromatic rings. The predicted molar refractivity (Wildman–Crippen MR) is 114 cm³/mol. The first-order valence-corrected chi connectivity index (χ1v) is 11.9. The molecule has 0 spiro atoms. The Kier molecular flexibility index (Phi) is 9.03. The Labute approximate surface area is 195 Å². The van der Waals surface area contributed by atoms with E-state index in [4.69, 9.17) is 4.74 Å². The maximum atomic E-state index is 11.8. The van der Waals surface area contributed by atoms with Crippen LogP contribution in [0.3, 0.4) is 0 Å². The molecule has 0 fully saturated rings. The van der Waals surface area contributed by atoms with E-state index in [1.165, 1.54) is 14.7 Å². The molecule has 0 aromatic heterocycles. The van der Waals surface area contributed by atoms with Crippen LogP contribution in [0.25, 0.3) is 0 Å². The number of ether oxygens (including phenoxy) is 1. The molecule has 0 aliphatic carbocycles. The lowest BCUT2D eigenvalue weighted by Gasteiger charge is -2.27. The first-order chi connectivity index (χ1) is 15.8. The second kappa shape index (κ2) is 11.2. The van der Waals surface area contributed by atoms with E-state index >= 15 is 0 Å². The summed E-state index contributed by atoms with van der Waals surface area (Å²) in [6.07, 6.45) is -4.94. The molecule has 0 atom stereocenters. The van der Waals surface area contributed by atoms with Gasteiger partial charge in [-0.15, -0.1) is 0 Å². The van der Waals surface area contributed by atoms with Crippen molar-refractivity contribution in [3.8, 4) is 5.75 Å². The van der Waals surface area contributed by atoms with Crippen molar-refractivity contribution in [1.82, 2.24) is 0 Å². The Bertz CT molecular complexity index is 1100. The van der Waals surface area contributed by atoms with Gasteiger partial charge in [-0.25, -0.2) is 17.2 Å². The van der Waals surface area contributed by atoms with Crippen LogP contribution in [0.5, 0.6) is 5.75 Å². The molecule has 184 valence electrons. The van der Waals surface area contributed by atoms with E-state index in [0.717, 1.165) is 5.75 Å². The van der Waals surface area contributed by atoms with Gasteiger partial charge >= 0.3 is 17.6 Å². The molecule has 0 N–H and O–H groups in total. The third-order valence-electron chi connectivity index (χ3n) is 4.23. The molecule has 3 aromatic carbocycles. The zero-order valence-electron chi connectivity index (χ0n) is 17.4. The molecule has 0 heterocycles. The summed E-state index contributed by atoms with van der Waals surface area (Å²) in [5, 5.41) is -6.31. The smallest absolute Gasteiger partial charge is 0.402 e. The van der Waals surface area contributed by atoms with E-state index in [-0.39, 0.29) is 10.9 Å². The van der Waals surface area contributed by atoms with Crippen LogP contribution in [0.1, 0.15) is 0 Å². The average Bonchev–Trinajstić information content (AvgIpc) is 2.80. The zero-order chi connectivity index (χ0) is 25.6. The van der Waals surface area contributed by atoms with Gasteiger partial charge in [0.05, 0.1) is 18.0 Å². The molecular formula is C22H18F6O4S2. The van der Waals surface area contributed by atoms with Crippen molar-refractivity contribution >= 4 is 21.0 Å². The topological polar surface area (TPSA) is 66.4 Å². The molecule has 34 heavy (non-hydrogen) atoms. The summed E-state index contributed by atoms with van der Waals surface area (Å²) in [6.45, 7) is 0. The summed E-state index contributed by atoms with van der Waals surface area (Å²) in [7, 11) is -5.20. The van der Waals surface area contributed by atoms with Gasteiger partial charge in [-0.1, -0.05) is 36.4 Å². The SMILES string of the molecule is COc1ccc([S+](c2ccccc2)c2ccccc2)cc1.O=S(=O)([O-])C(F)(F)C(F)(F)C(F)F. The lowest BCUT2D eigenvalue weighted by Crippen LogP contribution is -2.51. The van der Waals surface area contributed by atoms with Gasteiger partial charge < -0.3 is 9.29 Å². The fourth-order valence-electron chi connectivity index (χ4n) is 2.53. The minimum atomic E-state index is -6.82. The number of benzene rings is 3. The van der Waals surface area contributed by atoms with Gasteiger partial charge in [0, 0.05) is 0 Å². The molecule has 3 rings (SSSR count). The second-order valence-electron chi connectivity index (χ2n) is 6.50. The molecule has 4 nitrogen and oxygen atoms in total. The lowest BCUT2D eigenvalue weighted by molar-refractivity contribution is -0.227. The highest BCUT2D eigenvalue weighted by atomic mass is 32.2. The third-order valence-corrected chi connectivity index (χ3v) is 7.36. The molecule has 0 saturated carbocycles. The van der Waals surface area contributed by atoms with E-state index < -0.39 is 27.7 Å². The Balaban J connectivity index is 0.000000273. The molecular weight excluding hydrogens is 506 g/mol. The molecule has 0 aliphatic rings. The van der Waals surface area contributed by atoms with E-state index in [0.29, 0.717) is 0 Å². The minimum Gasteiger partial charge on any atom is -0.743 e. The standard InChI is InChI=1S/C19H17OS.C3H2F6O3S/c1-20-16-12-14-19(15-13-16)21(17-8-4-2-5-9-17)18-10-6-3-7-11-18;4-1(5)2(6,7)3(8,9)13(10,11)12/h2-15H,1H3;1H,(H,10,11,12)/q+1;/p-1. The van der Waals surface area contributed by atoms with Crippen LogP contribution in [0.15, 0.2) is 99.6 Å². The average molecular weight is 525 g/mol. The summed E-state index contributed by atoms with van der Waals surface area (Å²) >= 11 is 0. The van der Waals surface area contributed by atoms with Gasteiger partial charge in [-0.05, 0) is 48.5 Å². The molecule has 12 heteroatoms.